The molecule has 0 aromatic heterocycles. The normalized spacial score (nSPS) is 15.9. The molecule has 1 unspecified atom stereocenters. The van der Waals surface area contributed by atoms with Crippen molar-refractivity contribution in [2.75, 3.05) is 4.90 Å². The van der Waals surface area contributed by atoms with Crippen LogP contribution in [0.3, 0.4) is 0 Å². The van der Waals surface area contributed by atoms with Gasteiger partial charge in [-0.1, -0.05) is 82.7 Å². The molecular weight excluding hydrogens is 402 g/mol. The number of anilines is 1. The fraction of sp³-hybridized carbons (Fsp3) is 0.174. The van der Waals surface area contributed by atoms with Crippen LogP contribution in [-0.2, 0) is 17.8 Å². The number of amides is 1. The van der Waals surface area contributed by atoms with Gasteiger partial charge in [-0.2, -0.15) is 0 Å². The van der Waals surface area contributed by atoms with E-state index in [4.69, 9.17) is 4.74 Å². The molecule has 0 radical (unpaired) electrons. The quantitative estimate of drug-likeness (QED) is 0.497. The maximum Gasteiger partial charge on any atom is 0.415 e. The van der Waals surface area contributed by atoms with E-state index in [1.165, 1.54) is 5.56 Å². The molecule has 0 fully saturated rings. The minimum absolute atomic E-state index is 0.0312. The number of hydrogen-bond donors (Lipinski definition) is 0. The van der Waals surface area contributed by atoms with Crippen molar-refractivity contribution in [1.29, 1.82) is 0 Å². The van der Waals surface area contributed by atoms with Crippen LogP contribution in [0.1, 0.15) is 29.2 Å². The van der Waals surface area contributed by atoms with E-state index in [0.29, 0.717) is 0 Å². The number of rotatable bonds is 3. The van der Waals surface area contributed by atoms with Gasteiger partial charge < -0.3 is 4.74 Å². The fourth-order valence-electron chi connectivity index (χ4n) is 3.57. The Hall–Kier alpha value is -2.59. The molecule has 3 aromatic rings. The van der Waals surface area contributed by atoms with E-state index in [2.05, 4.69) is 34.1 Å². The van der Waals surface area contributed by atoms with Crippen LogP contribution in [0.25, 0.3) is 0 Å². The van der Waals surface area contributed by atoms with Crippen molar-refractivity contribution >= 4 is 27.7 Å². The van der Waals surface area contributed by atoms with Crippen molar-refractivity contribution in [1.82, 2.24) is 0 Å². The third kappa shape index (κ3) is 3.91. The Balaban J connectivity index is 1.66. The minimum atomic E-state index is -0.313. The third-order valence-electron chi connectivity index (χ3n) is 4.89. The van der Waals surface area contributed by atoms with Gasteiger partial charge in [0, 0.05) is 4.47 Å². The van der Waals surface area contributed by atoms with E-state index < -0.39 is 0 Å². The molecule has 1 aliphatic heterocycles. The number of carbonyl (C=O) groups excluding carboxylic acids is 1. The van der Waals surface area contributed by atoms with Gasteiger partial charge in [0.2, 0.25) is 0 Å². The van der Waals surface area contributed by atoms with Crippen molar-refractivity contribution in [3.8, 4) is 0 Å². The Morgan fingerprint density at radius 1 is 1.00 bits per heavy atom. The summed E-state index contributed by atoms with van der Waals surface area (Å²) in [6, 6.07) is 26.0. The van der Waals surface area contributed by atoms with Gasteiger partial charge in [0.25, 0.3) is 0 Å². The maximum atomic E-state index is 13.1. The Morgan fingerprint density at radius 2 is 1.70 bits per heavy atom. The SMILES string of the molecule is O=C(OCc1ccccc1)N1c2cc(Br)ccc2CCC1c1ccccc1. The topological polar surface area (TPSA) is 29.5 Å². The second-order valence-electron chi connectivity index (χ2n) is 6.65. The van der Waals surface area contributed by atoms with Crippen molar-refractivity contribution in [3.63, 3.8) is 0 Å². The van der Waals surface area contributed by atoms with Gasteiger partial charge in [0.1, 0.15) is 6.61 Å². The Bertz CT molecular complexity index is 928. The number of fused-ring (bicyclic) bond motifs is 1. The van der Waals surface area contributed by atoms with Gasteiger partial charge in [-0.15, -0.1) is 0 Å². The number of benzene rings is 3. The van der Waals surface area contributed by atoms with Crippen LogP contribution in [0, 0.1) is 0 Å². The molecule has 3 aromatic carbocycles. The summed E-state index contributed by atoms with van der Waals surface area (Å²) >= 11 is 3.54. The summed E-state index contributed by atoms with van der Waals surface area (Å²) in [6.45, 7) is 0.265. The monoisotopic (exact) mass is 421 g/mol. The van der Waals surface area contributed by atoms with Crippen molar-refractivity contribution in [2.45, 2.75) is 25.5 Å². The van der Waals surface area contributed by atoms with Gasteiger partial charge >= 0.3 is 6.09 Å². The van der Waals surface area contributed by atoms with Crippen LogP contribution in [-0.4, -0.2) is 6.09 Å². The lowest BCUT2D eigenvalue weighted by atomic mass is 9.91. The average Bonchev–Trinajstić information content (AvgIpc) is 2.72. The molecule has 0 saturated heterocycles. The first kappa shape index (κ1) is 17.8. The largest absolute Gasteiger partial charge is 0.444 e. The zero-order valence-corrected chi connectivity index (χ0v) is 16.4. The van der Waals surface area contributed by atoms with E-state index in [0.717, 1.165) is 34.1 Å². The molecule has 1 amide bonds. The molecule has 1 heterocycles. The molecule has 27 heavy (non-hydrogen) atoms. The van der Waals surface area contributed by atoms with Crippen LogP contribution in [0.2, 0.25) is 0 Å². The summed E-state index contributed by atoms with van der Waals surface area (Å²) < 4.78 is 6.64. The standard InChI is InChI=1S/C23H20BrNO2/c24-20-13-11-19-12-14-21(18-9-5-2-6-10-18)25(22(19)15-20)23(26)27-16-17-7-3-1-4-8-17/h1-11,13,15,21H,12,14,16H2. The van der Waals surface area contributed by atoms with Crippen LogP contribution in [0.15, 0.2) is 83.3 Å². The number of aryl methyl sites for hydroxylation is 1. The van der Waals surface area contributed by atoms with Crippen molar-refractivity contribution in [3.05, 3.63) is 100 Å². The van der Waals surface area contributed by atoms with E-state index >= 15 is 0 Å². The maximum absolute atomic E-state index is 13.1. The number of hydrogen-bond acceptors (Lipinski definition) is 2. The molecule has 1 atom stereocenters. The summed E-state index contributed by atoms with van der Waals surface area (Å²) in [7, 11) is 0. The molecular formula is C23H20BrNO2. The molecule has 0 spiro atoms. The summed E-state index contributed by atoms with van der Waals surface area (Å²) in [5.41, 5.74) is 4.19. The highest BCUT2D eigenvalue weighted by atomic mass is 79.9. The molecule has 1 aliphatic rings. The summed E-state index contributed by atoms with van der Waals surface area (Å²) in [6.07, 6.45) is 1.50. The predicted octanol–water partition coefficient (Wildman–Crippen LogP) is 6.28. The first-order valence-electron chi connectivity index (χ1n) is 9.05. The smallest absolute Gasteiger partial charge is 0.415 e. The second kappa shape index (κ2) is 7.97. The molecule has 0 bridgehead atoms. The van der Waals surface area contributed by atoms with Gasteiger partial charge in [-0.05, 0) is 41.7 Å². The van der Waals surface area contributed by atoms with Gasteiger partial charge in [0.15, 0.2) is 0 Å². The van der Waals surface area contributed by atoms with E-state index in [1.807, 2.05) is 65.6 Å². The van der Waals surface area contributed by atoms with Crippen LogP contribution in [0.4, 0.5) is 10.5 Å². The van der Waals surface area contributed by atoms with E-state index in [9.17, 15) is 4.79 Å². The highest BCUT2D eigenvalue weighted by Crippen LogP contribution is 2.40. The van der Waals surface area contributed by atoms with Crippen LogP contribution in [0.5, 0.6) is 0 Å². The fourth-order valence-corrected chi connectivity index (χ4v) is 3.92. The second-order valence-corrected chi connectivity index (χ2v) is 7.56. The highest BCUT2D eigenvalue weighted by Gasteiger charge is 2.33. The minimum Gasteiger partial charge on any atom is -0.444 e. The number of carbonyl (C=O) groups is 1. The lowest BCUT2D eigenvalue weighted by molar-refractivity contribution is 0.143. The molecule has 0 N–H and O–H groups in total. The van der Waals surface area contributed by atoms with Gasteiger partial charge in [-0.3, -0.25) is 4.90 Å². The first-order chi connectivity index (χ1) is 13.2. The van der Waals surface area contributed by atoms with Crippen molar-refractivity contribution < 1.29 is 9.53 Å². The molecule has 0 aliphatic carbocycles. The molecule has 4 rings (SSSR count). The van der Waals surface area contributed by atoms with Crippen LogP contribution >= 0.6 is 15.9 Å². The Morgan fingerprint density at radius 3 is 2.44 bits per heavy atom. The predicted molar refractivity (Wildman–Crippen MR) is 111 cm³/mol. The van der Waals surface area contributed by atoms with Crippen LogP contribution < -0.4 is 4.90 Å². The average molecular weight is 422 g/mol. The number of ether oxygens (including phenoxy) is 1. The van der Waals surface area contributed by atoms with Crippen molar-refractivity contribution in [2.24, 2.45) is 0 Å². The first-order valence-corrected chi connectivity index (χ1v) is 9.85. The zero-order valence-electron chi connectivity index (χ0n) is 14.8. The van der Waals surface area contributed by atoms with E-state index in [1.54, 1.807) is 0 Å². The van der Waals surface area contributed by atoms with Gasteiger partial charge in [0.05, 0.1) is 11.7 Å². The number of halogens is 1. The third-order valence-corrected chi connectivity index (χ3v) is 5.39. The summed E-state index contributed by atoms with van der Waals surface area (Å²) in [4.78, 5) is 14.9. The van der Waals surface area contributed by atoms with Gasteiger partial charge in [-0.25, -0.2) is 4.79 Å². The van der Waals surface area contributed by atoms with E-state index in [-0.39, 0.29) is 18.7 Å². The molecule has 4 heteroatoms. The Kier molecular flexibility index (Phi) is 5.26. The Labute approximate surface area is 167 Å². The summed E-state index contributed by atoms with van der Waals surface area (Å²) in [5, 5.41) is 0. The lowest BCUT2D eigenvalue weighted by Gasteiger charge is -2.37. The molecule has 0 saturated carbocycles. The zero-order chi connectivity index (χ0) is 18.6. The number of nitrogens with zero attached hydrogens (tertiary/aromatic N) is 1. The summed E-state index contributed by atoms with van der Waals surface area (Å²) in [5.74, 6) is 0. The lowest BCUT2D eigenvalue weighted by Crippen LogP contribution is -2.38. The molecule has 136 valence electrons. The molecule has 3 nitrogen and oxygen atoms in total. The highest BCUT2D eigenvalue weighted by molar-refractivity contribution is 9.10.